The number of furan rings is 1. The van der Waals surface area contributed by atoms with E-state index in [-0.39, 0.29) is 5.91 Å². The summed E-state index contributed by atoms with van der Waals surface area (Å²) < 4.78 is 7.60. The molecule has 0 saturated heterocycles. The van der Waals surface area contributed by atoms with Gasteiger partial charge in [0.15, 0.2) is 5.16 Å². The van der Waals surface area contributed by atoms with Gasteiger partial charge >= 0.3 is 0 Å². The molecule has 0 aromatic carbocycles. The molecule has 2 aliphatic rings. The van der Waals surface area contributed by atoms with Crippen molar-refractivity contribution < 1.29 is 9.21 Å². The molecule has 6 nitrogen and oxygen atoms in total. The van der Waals surface area contributed by atoms with Crippen molar-refractivity contribution in [2.24, 2.45) is 5.92 Å². The molecule has 26 heavy (non-hydrogen) atoms. The van der Waals surface area contributed by atoms with Crippen LogP contribution in [-0.4, -0.2) is 32.5 Å². The number of rotatable bonds is 7. The number of hydrogen-bond donors (Lipinski definition) is 1. The number of aromatic nitrogens is 3. The molecule has 2 heterocycles. The fourth-order valence-corrected chi connectivity index (χ4v) is 4.42. The van der Waals surface area contributed by atoms with Crippen LogP contribution in [0.4, 0.5) is 0 Å². The van der Waals surface area contributed by atoms with Crippen LogP contribution < -0.4 is 5.32 Å². The molecule has 2 fully saturated rings. The van der Waals surface area contributed by atoms with Crippen molar-refractivity contribution in [2.75, 3.05) is 5.75 Å². The zero-order chi connectivity index (χ0) is 17.9. The van der Waals surface area contributed by atoms with Crippen molar-refractivity contribution in [3.63, 3.8) is 0 Å². The standard InChI is InChI=1S/C19H26N4O2S/c1-13-5-2-3-7-16(13)20-17(24)12-26-19-22-21-18(14-8-9-14)23(19)11-15-6-4-10-25-15/h4,6,10,13-14,16H,2-3,5,7-9,11-12H2,1H3,(H,20,24)/t13-,16-/m0/s1. The van der Waals surface area contributed by atoms with Gasteiger partial charge in [0.25, 0.3) is 0 Å². The molecule has 1 amide bonds. The Kier molecular flexibility index (Phi) is 5.33. The summed E-state index contributed by atoms with van der Waals surface area (Å²) in [7, 11) is 0. The molecular formula is C19H26N4O2S. The minimum absolute atomic E-state index is 0.0919. The Bertz CT molecular complexity index is 739. The molecule has 2 saturated carbocycles. The first-order valence-electron chi connectivity index (χ1n) is 9.58. The van der Waals surface area contributed by atoms with Gasteiger partial charge in [0, 0.05) is 12.0 Å². The Hall–Kier alpha value is -1.76. The smallest absolute Gasteiger partial charge is 0.230 e. The third-order valence-electron chi connectivity index (χ3n) is 5.37. The van der Waals surface area contributed by atoms with Crippen LogP contribution in [0.5, 0.6) is 0 Å². The zero-order valence-corrected chi connectivity index (χ0v) is 16.0. The molecule has 140 valence electrons. The van der Waals surface area contributed by atoms with Crippen LogP contribution >= 0.6 is 11.8 Å². The predicted octanol–water partition coefficient (Wildman–Crippen LogP) is 3.58. The van der Waals surface area contributed by atoms with Gasteiger partial charge in [-0.05, 0) is 43.7 Å². The molecule has 0 radical (unpaired) electrons. The summed E-state index contributed by atoms with van der Waals surface area (Å²) in [6.45, 7) is 2.86. The van der Waals surface area contributed by atoms with Crippen molar-refractivity contribution >= 4 is 17.7 Å². The summed E-state index contributed by atoms with van der Waals surface area (Å²) >= 11 is 1.47. The van der Waals surface area contributed by atoms with E-state index in [2.05, 4.69) is 27.0 Å². The summed E-state index contributed by atoms with van der Waals surface area (Å²) in [4.78, 5) is 12.4. The van der Waals surface area contributed by atoms with Gasteiger partial charge < -0.3 is 9.73 Å². The SMILES string of the molecule is C[C@H]1CCCC[C@@H]1NC(=O)CSc1nnc(C2CC2)n1Cc1ccco1. The van der Waals surface area contributed by atoms with Crippen LogP contribution in [0.2, 0.25) is 0 Å². The summed E-state index contributed by atoms with van der Waals surface area (Å²) in [5.74, 6) is 3.45. The van der Waals surface area contributed by atoms with Crippen LogP contribution in [0.3, 0.4) is 0 Å². The first-order chi connectivity index (χ1) is 12.7. The van der Waals surface area contributed by atoms with E-state index < -0.39 is 0 Å². The summed E-state index contributed by atoms with van der Waals surface area (Å²) in [6, 6.07) is 4.17. The number of thioether (sulfide) groups is 1. The number of hydrogen-bond acceptors (Lipinski definition) is 5. The third-order valence-corrected chi connectivity index (χ3v) is 6.34. The van der Waals surface area contributed by atoms with Crippen LogP contribution in [-0.2, 0) is 11.3 Å². The van der Waals surface area contributed by atoms with Crippen molar-refractivity contribution in [3.05, 3.63) is 30.0 Å². The minimum atomic E-state index is 0.0919. The van der Waals surface area contributed by atoms with E-state index in [0.717, 1.165) is 23.2 Å². The largest absolute Gasteiger partial charge is 0.467 e. The van der Waals surface area contributed by atoms with Gasteiger partial charge in [-0.2, -0.15) is 0 Å². The topological polar surface area (TPSA) is 73.0 Å². The van der Waals surface area contributed by atoms with Crippen LogP contribution in [0.1, 0.15) is 63.0 Å². The molecule has 2 atom stereocenters. The van der Waals surface area contributed by atoms with Crippen LogP contribution in [0.15, 0.2) is 28.0 Å². The fourth-order valence-electron chi connectivity index (χ4n) is 3.67. The number of amides is 1. The number of nitrogens with one attached hydrogen (secondary N) is 1. The Morgan fingerprint density at radius 3 is 2.88 bits per heavy atom. The minimum Gasteiger partial charge on any atom is -0.467 e. The third kappa shape index (κ3) is 4.14. The maximum atomic E-state index is 12.4. The molecule has 7 heteroatoms. The number of nitrogens with zero attached hydrogens (tertiary/aromatic N) is 3. The van der Waals surface area contributed by atoms with Gasteiger partial charge in [0.1, 0.15) is 11.6 Å². The first kappa shape index (κ1) is 17.6. The lowest BCUT2D eigenvalue weighted by Crippen LogP contribution is -2.41. The summed E-state index contributed by atoms with van der Waals surface area (Å²) in [6.07, 6.45) is 8.81. The van der Waals surface area contributed by atoms with E-state index >= 15 is 0 Å². The van der Waals surface area contributed by atoms with Crippen molar-refractivity contribution in [1.29, 1.82) is 0 Å². The lowest BCUT2D eigenvalue weighted by molar-refractivity contribution is -0.119. The number of carbonyl (C=O) groups is 1. The Morgan fingerprint density at radius 1 is 1.31 bits per heavy atom. The molecule has 2 aromatic rings. The second kappa shape index (κ2) is 7.86. The number of carbonyl (C=O) groups excluding carboxylic acids is 1. The maximum absolute atomic E-state index is 12.4. The highest BCUT2D eigenvalue weighted by molar-refractivity contribution is 7.99. The molecular weight excluding hydrogens is 348 g/mol. The van der Waals surface area contributed by atoms with E-state index in [4.69, 9.17) is 4.42 Å². The van der Waals surface area contributed by atoms with Crippen molar-refractivity contribution in [3.8, 4) is 0 Å². The van der Waals surface area contributed by atoms with Crippen molar-refractivity contribution in [1.82, 2.24) is 20.1 Å². The molecule has 0 spiro atoms. The van der Waals surface area contributed by atoms with Gasteiger partial charge in [-0.3, -0.25) is 9.36 Å². The monoisotopic (exact) mass is 374 g/mol. The van der Waals surface area contributed by atoms with Crippen molar-refractivity contribution in [2.45, 2.75) is 69.1 Å². The average Bonchev–Trinajstić information content (AvgIpc) is 3.20. The van der Waals surface area contributed by atoms with E-state index in [9.17, 15) is 4.79 Å². The summed E-state index contributed by atoms with van der Waals surface area (Å²) in [5.41, 5.74) is 0. The first-order valence-corrected chi connectivity index (χ1v) is 10.6. The van der Waals surface area contributed by atoms with Gasteiger partial charge in [0.2, 0.25) is 5.91 Å². The lowest BCUT2D eigenvalue weighted by Gasteiger charge is -2.29. The average molecular weight is 375 g/mol. The van der Waals surface area contributed by atoms with Gasteiger partial charge in [-0.15, -0.1) is 10.2 Å². The van der Waals surface area contributed by atoms with Gasteiger partial charge in [-0.25, -0.2) is 0 Å². The Morgan fingerprint density at radius 2 is 2.15 bits per heavy atom. The fraction of sp³-hybridized carbons (Fsp3) is 0.632. The van der Waals surface area contributed by atoms with Crippen LogP contribution in [0, 0.1) is 5.92 Å². The molecule has 0 aliphatic heterocycles. The van der Waals surface area contributed by atoms with E-state index in [1.807, 2.05) is 12.1 Å². The highest BCUT2D eigenvalue weighted by Crippen LogP contribution is 2.40. The highest BCUT2D eigenvalue weighted by Gasteiger charge is 2.31. The summed E-state index contributed by atoms with van der Waals surface area (Å²) in [5, 5.41) is 12.7. The Balaban J connectivity index is 1.39. The quantitative estimate of drug-likeness (QED) is 0.750. The van der Waals surface area contributed by atoms with E-state index in [1.54, 1.807) is 6.26 Å². The molecule has 0 bridgehead atoms. The molecule has 2 aromatic heterocycles. The zero-order valence-electron chi connectivity index (χ0n) is 15.2. The lowest BCUT2D eigenvalue weighted by atomic mass is 9.86. The second-order valence-corrected chi connectivity index (χ2v) is 8.45. The van der Waals surface area contributed by atoms with Crippen LogP contribution in [0.25, 0.3) is 0 Å². The molecule has 2 aliphatic carbocycles. The van der Waals surface area contributed by atoms with Gasteiger partial charge in [-0.1, -0.05) is 31.5 Å². The highest BCUT2D eigenvalue weighted by atomic mass is 32.2. The van der Waals surface area contributed by atoms with Gasteiger partial charge in [0.05, 0.1) is 18.6 Å². The second-order valence-electron chi connectivity index (χ2n) is 7.50. The molecule has 1 N–H and O–H groups in total. The van der Waals surface area contributed by atoms with E-state index in [1.165, 1.54) is 43.9 Å². The maximum Gasteiger partial charge on any atom is 0.230 e. The van der Waals surface area contributed by atoms with E-state index in [0.29, 0.717) is 30.2 Å². The molecule has 4 rings (SSSR count). The molecule has 0 unspecified atom stereocenters. The predicted molar refractivity (Wildman–Crippen MR) is 100 cm³/mol. The Labute approximate surface area is 158 Å². The normalized spacial score (nSPS) is 23.1.